The van der Waals surface area contributed by atoms with Gasteiger partial charge >= 0.3 is 0 Å². The van der Waals surface area contributed by atoms with E-state index in [9.17, 15) is 4.79 Å². The van der Waals surface area contributed by atoms with Crippen molar-refractivity contribution in [3.63, 3.8) is 0 Å². The highest BCUT2D eigenvalue weighted by Gasteiger charge is 2.29. The van der Waals surface area contributed by atoms with Gasteiger partial charge in [-0.3, -0.25) is 4.79 Å². The molecule has 2 aliphatic rings. The summed E-state index contributed by atoms with van der Waals surface area (Å²) < 4.78 is 2.15. The maximum absolute atomic E-state index is 12.7. The predicted octanol–water partition coefficient (Wildman–Crippen LogP) is 3.20. The number of fused-ring (bicyclic) bond motifs is 2. The molecule has 3 atom stereocenters. The minimum Gasteiger partial charge on any atom is -0.349 e. The minimum absolute atomic E-state index is 0.0747. The molecule has 120 valence electrons. The van der Waals surface area contributed by atoms with Gasteiger partial charge in [-0.05, 0) is 36.3 Å². The summed E-state index contributed by atoms with van der Waals surface area (Å²) in [6.45, 7) is 3.17. The van der Waals surface area contributed by atoms with Gasteiger partial charge in [-0.1, -0.05) is 31.2 Å². The number of aryl methyl sites for hydroxylation is 1. The third kappa shape index (κ3) is 2.67. The van der Waals surface area contributed by atoms with Gasteiger partial charge in [0.25, 0.3) is 0 Å². The summed E-state index contributed by atoms with van der Waals surface area (Å²) in [6, 6.07) is 8.72. The monoisotopic (exact) mass is 309 g/mol. The number of benzene rings is 1. The number of nitrogens with one attached hydrogen (secondary N) is 1. The zero-order valence-electron chi connectivity index (χ0n) is 13.5. The molecule has 0 saturated carbocycles. The van der Waals surface area contributed by atoms with Gasteiger partial charge in [0.2, 0.25) is 5.91 Å². The standard InChI is InChI=1S/C19H23N3O/c1-13-6-7-18(17-5-3-2-4-16(13)17)21-19(23)14-8-9-22-12-20-11-15(22)10-14/h2-5,11-14,18H,6-10H2,1H3,(H,21,23)/t13-,14+,18-/m1/s1. The largest absolute Gasteiger partial charge is 0.349 e. The molecule has 1 amide bonds. The van der Waals surface area contributed by atoms with Gasteiger partial charge < -0.3 is 9.88 Å². The van der Waals surface area contributed by atoms with Crippen LogP contribution in [0.15, 0.2) is 36.8 Å². The van der Waals surface area contributed by atoms with Crippen molar-refractivity contribution < 1.29 is 4.79 Å². The van der Waals surface area contributed by atoms with Crippen LogP contribution in [0.2, 0.25) is 0 Å². The molecule has 0 bridgehead atoms. The second-order valence-electron chi connectivity index (χ2n) is 6.94. The van der Waals surface area contributed by atoms with Crippen LogP contribution < -0.4 is 5.32 Å². The number of carbonyl (C=O) groups excluding carboxylic acids is 1. The first kappa shape index (κ1) is 14.5. The fourth-order valence-electron chi connectivity index (χ4n) is 4.04. The van der Waals surface area contributed by atoms with Crippen LogP contribution in [-0.2, 0) is 17.8 Å². The van der Waals surface area contributed by atoms with Gasteiger partial charge in [-0.25, -0.2) is 4.98 Å². The van der Waals surface area contributed by atoms with Crippen molar-refractivity contribution in [1.29, 1.82) is 0 Å². The lowest BCUT2D eigenvalue weighted by atomic mass is 9.81. The Morgan fingerprint density at radius 1 is 1.22 bits per heavy atom. The van der Waals surface area contributed by atoms with Gasteiger partial charge in [-0.15, -0.1) is 0 Å². The Balaban J connectivity index is 1.49. The molecule has 1 aromatic carbocycles. The Morgan fingerprint density at radius 3 is 2.91 bits per heavy atom. The highest BCUT2D eigenvalue weighted by atomic mass is 16.1. The molecule has 4 nitrogen and oxygen atoms in total. The molecule has 1 N–H and O–H groups in total. The summed E-state index contributed by atoms with van der Waals surface area (Å²) >= 11 is 0. The lowest BCUT2D eigenvalue weighted by Gasteiger charge is -2.32. The number of aromatic nitrogens is 2. The average molecular weight is 309 g/mol. The number of amides is 1. The molecule has 2 heterocycles. The van der Waals surface area contributed by atoms with Crippen LogP contribution in [0.4, 0.5) is 0 Å². The van der Waals surface area contributed by atoms with Crippen molar-refractivity contribution >= 4 is 5.91 Å². The molecule has 1 aliphatic heterocycles. The van der Waals surface area contributed by atoms with E-state index in [2.05, 4.69) is 46.1 Å². The van der Waals surface area contributed by atoms with Crippen molar-refractivity contribution in [1.82, 2.24) is 14.9 Å². The van der Waals surface area contributed by atoms with Gasteiger partial charge in [-0.2, -0.15) is 0 Å². The SMILES string of the molecule is C[C@@H]1CC[C@@H](NC(=O)[C@H]2CCn3cncc3C2)c2ccccc21. The van der Waals surface area contributed by atoms with Gasteiger partial charge in [0, 0.05) is 30.8 Å². The summed E-state index contributed by atoms with van der Waals surface area (Å²) in [7, 11) is 0. The first-order chi connectivity index (χ1) is 11.2. The highest BCUT2D eigenvalue weighted by molar-refractivity contribution is 5.79. The summed E-state index contributed by atoms with van der Waals surface area (Å²) in [5, 5.41) is 3.32. The van der Waals surface area contributed by atoms with Crippen molar-refractivity contribution in [2.75, 3.05) is 0 Å². The third-order valence-electron chi connectivity index (χ3n) is 5.45. The maximum Gasteiger partial charge on any atom is 0.224 e. The Bertz CT molecular complexity index is 721. The van der Waals surface area contributed by atoms with Crippen LogP contribution in [0, 0.1) is 5.92 Å². The van der Waals surface area contributed by atoms with E-state index in [0.29, 0.717) is 5.92 Å². The van der Waals surface area contributed by atoms with Gasteiger partial charge in [0.05, 0.1) is 12.4 Å². The quantitative estimate of drug-likeness (QED) is 0.926. The second-order valence-corrected chi connectivity index (χ2v) is 6.94. The molecule has 0 saturated heterocycles. The topological polar surface area (TPSA) is 46.9 Å². The van der Waals surface area contributed by atoms with Crippen LogP contribution >= 0.6 is 0 Å². The highest BCUT2D eigenvalue weighted by Crippen LogP contribution is 2.37. The number of nitrogens with zero attached hydrogens (tertiary/aromatic N) is 2. The van der Waals surface area contributed by atoms with Crippen molar-refractivity contribution in [2.24, 2.45) is 5.92 Å². The van der Waals surface area contributed by atoms with Crippen LogP contribution in [0.1, 0.15) is 55.0 Å². The molecule has 1 aromatic heterocycles. The molecule has 2 aromatic rings. The number of rotatable bonds is 2. The smallest absolute Gasteiger partial charge is 0.224 e. The van der Waals surface area contributed by atoms with E-state index in [1.54, 1.807) is 0 Å². The maximum atomic E-state index is 12.7. The molecular weight excluding hydrogens is 286 g/mol. The Morgan fingerprint density at radius 2 is 2.04 bits per heavy atom. The zero-order valence-corrected chi connectivity index (χ0v) is 13.5. The van der Waals surface area contributed by atoms with Gasteiger partial charge in [0.1, 0.15) is 0 Å². The first-order valence-electron chi connectivity index (χ1n) is 8.60. The van der Waals surface area contributed by atoms with E-state index >= 15 is 0 Å². The Hall–Kier alpha value is -2.10. The fourth-order valence-corrected chi connectivity index (χ4v) is 4.04. The van der Waals surface area contributed by atoms with Gasteiger partial charge in [0.15, 0.2) is 0 Å². The van der Waals surface area contributed by atoms with Crippen molar-refractivity contribution in [2.45, 2.75) is 51.1 Å². The zero-order chi connectivity index (χ0) is 15.8. The number of hydrogen-bond donors (Lipinski definition) is 1. The molecular formula is C19H23N3O. The van der Waals surface area contributed by atoms with E-state index in [0.717, 1.165) is 32.2 Å². The molecule has 4 heteroatoms. The van der Waals surface area contributed by atoms with E-state index in [1.165, 1.54) is 16.8 Å². The molecule has 0 fully saturated rings. The summed E-state index contributed by atoms with van der Waals surface area (Å²) in [5.74, 6) is 0.862. The minimum atomic E-state index is 0.0747. The molecule has 0 unspecified atom stereocenters. The van der Waals surface area contributed by atoms with Crippen molar-refractivity contribution in [3.05, 3.63) is 53.6 Å². The van der Waals surface area contributed by atoms with Crippen molar-refractivity contribution in [3.8, 4) is 0 Å². The fraction of sp³-hybridized carbons (Fsp3) is 0.474. The molecule has 0 radical (unpaired) electrons. The number of carbonyl (C=O) groups is 1. The molecule has 23 heavy (non-hydrogen) atoms. The second kappa shape index (κ2) is 5.84. The van der Waals surface area contributed by atoms with Crippen LogP contribution in [0.3, 0.4) is 0 Å². The third-order valence-corrected chi connectivity index (χ3v) is 5.45. The summed E-state index contributed by atoms with van der Waals surface area (Å²) in [4.78, 5) is 16.9. The Kier molecular flexibility index (Phi) is 3.68. The predicted molar refractivity (Wildman–Crippen MR) is 89.0 cm³/mol. The summed E-state index contributed by atoms with van der Waals surface area (Å²) in [5.41, 5.74) is 3.88. The summed E-state index contributed by atoms with van der Waals surface area (Å²) in [6.07, 6.45) is 7.63. The normalized spacial score (nSPS) is 26.2. The van der Waals surface area contributed by atoms with E-state index in [4.69, 9.17) is 0 Å². The average Bonchev–Trinajstić information content (AvgIpc) is 3.05. The lowest BCUT2D eigenvalue weighted by Crippen LogP contribution is -2.38. The number of imidazole rings is 1. The lowest BCUT2D eigenvalue weighted by molar-refractivity contribution is -0.126. The van der Waals surface area contributed by atoms with Crippen LogP contribution in [0.25, 0.3) is 0 Å². The molecule has 0 spiro atoms. The van der Waals surface area contributed by atoms with Crippen LogP contribution in [0.5, 0.6) is 0 Å². The van der Waals surface area contributed by atoms with Crippen LogP contribution in [-0.4, -0.2) is 15.5 Å². The number of hydrogen-bond acceptors (Lipinski definition) is 2. The Labute approximate surface area is 136 Å². The molecule has 1 aliphatic carbocycles. The molecule has 4 rings (SSSR count). The first-order valence-corrected chi connectivity index (χ1v) is 8.60. The van der Waals surface area contributed by atoms with E-state index < -0.39 is 0 Å². The van der Waals surface area contributed by atoms with E-state index in [1.807, 2.05) is 12.5 Å². The van der Waals surface area contributed by atoms with E-state index in [-0.39, 0.29) is 17.9 Å².